The highest BCUT2D eigenvalue weighted by Crippen LogP contribution is 2.14. The molecule has 1 aromatic carbocycles. The summed E-state index contributed by atoms with van der Waals surface area (Å²) >= 11 is 0. The van der Waals surface area contributed by atoms with Crippen molar-refractivity contribution in [2.24, 2.45) is 0 Å². The number of sulfonamides is 1. The van der Waals surface area contributed by atoms with E-state index in [9.17, 15) is 17.6 Å². The van der Waals surface area contributed by atoms with E-state index in [0.29, 0.717) is 37.9 Å². The molecular weight excluding hydrogens is 307 g/mol. The van der Waals surface area contributed by atoms with E-state index in [1.54, 1.807) is 4.90 Å². The minimum absolute atomic E-state index is 0.104. The van der Waals surface area contributed by atoms with Crippen LogP contribution in [0.4, 0.5) is 4.39 Å². The van der Waals surface area contributed by atoms with E-state index in [-0.39, 0.29) is 23.5 Å². The van der Waals surface area contributed by atoms with Gasteiger partial charge in [-0.25, -0.2) is 17.5 Å². The number of amides is 1. The highest BCUT2D eigenvalue weighted by Gasteiger charge is 2.25. The average molecular weight is 328 g/mol. The largest absolute Gasteiger partial charge is 0.343 e. The lowest BCUT2D eigenvalue weighted by Crippen LogP contribution is -2.46. The summed E-state index contributed by atoms with van der Waals surface area (Å²) in [5.41, 5.74) is 0.549. The third kappa shape index (κ3) is 4.78. The molecule has 1 saturated heterocycles. The van der Waals surface area contributed by atoms with Crippen LogP contribution in [0.3, 0.4) is 0 Å². The van der Waals surface area contributed by atoms with Crippen molar-refractivity contribution >= 4 is 15.9 Å². The van der Waals surface area contributed by atoms with E-state index in [0.717, 1.165) is 0 Å². The summed E-state index contributed by atoms with van der Waals surface area (Å²) in [6.07, 6.45) is 1.71. The van der Waals surface area contributed by atoms with Crippen molar-refractivity contribution in [2.45, 2.75) is 38.0 Å². The molecule has 7 heteroatoms. The molecule has 1 heterocycles. The van der Waals surface area contributed by atoms with Gasteiger partial charge in [0.1, 0.15) is 5.82 Å². The summed E-state index contributed by atoms with van der Waals surface area (Å²) < 4.78 is 39.8. The van der Waals surface area contributed by atoms with Crippen LogP contribution in [0.5, 0.6) is 0 Å². The van der Waals surface area contributed by atoms with Crippen LogP contribution in [0.1, 0.15) is 31.7 Å². The van der Waals surface area contributed by atoms with Gasteiger partial charge in [-0.3, -0.25) is 4.79 Å². The smallest absolute Gasteiger partial charge is 0.222 e. The summed E-state index contributed by atoms with van der Waals surface area (Å²) in [6, 6.07) is 5.29. The van der Waals surface area contributed by atoms with Gasteiger partial charge in [0.05, 0.1) is 5.75 Å². The Balaban J connectivity index is 1.88. The van der Waals surface area contributed by atoms with Crippen LogP contribution >= 0.6 is 0 Å². The van der Waals surface area contributed by atoms with Gasteiger partial charge in [-0.2, -0.15) is 0 Å². The number of piperidine rings is 1. The molecule has 122 valence electrons. The monoisotopic (exact) mass is 328 g/mol. The Kier molecular flexibility index (Phi) is 5.52. The minimum atomic E-state index is -3.47. The van der Waals surface area contributed by atoms with Crippen molar-refractivity contribution in [3.8, 4) is 0 Å². The standard InChI is InChI=1S/C15H21FN2O3S/c1-2-15(19)18-9-7-14(8-10-18)17-22(20,21)11-12-3-5-13(16)6-4-12/h3-6,14,17H,2,7-11H2,1H3. The maximum Gasteiger partial charge on any atom is 0.222 e. The number of hydrogen-bond donors (Lipinski definition) is 1. The van der Waals surface area contributed by atoms with E-state index < -0.39 is 10.0 Å². The van der Waals surface area contributed by atoms with E-state index in [2.05, 4.69) is 4.72 Å². The third-order valence-corrected chi connectivity index (χ3v) is 5.17. The lowest BCUT2D eigenvalue weighted by Gasteiger charge is -2.32. The van der Waals surface area contributed by atoms with Crippen LogP contribution in [0.15, 0.2) is 24.3 Å². The van der Waals surface area contributed by atoms with Crippen molar-refractivity contribution in [1.29, 1.82) is 0 Å². The first-order valence-corrected chi connectivity index (χ1v) is 9.07. The van der Waals surface area contributed by atoms with Crippen LogP contribution in [-0.2, 0) is 20.6 Å². The fraction of sp³-hybridized carbons (Fsp3) is 0.533. The molecule has 0 radical (unpaired) electrons. The quantitative estimate of drug-likeness (QED) is 0.894. The number of benzene rings is 1. The van der Waals surface area contributed by atoms with E-state index in [4.69, 9.17) is 0 Å². The summed E-state index contributed by atoms with van der Waals surface area (Å²) in [5, 5.41) is 0. The molecule has 0 atom stereocenters. The molecule has 1 amide bonds. The molecule has 2 rings (SSSR count). The second-order valence-electron chi connectivity index (χ2n) is 5.51. The molecule has 5 nitrogen and oxygen atoms in total. The Morgan fingerprint density at radius 2 is 1.86 bits per heavy atom. The fourth-order valence-corrected chi connectivity index (χ4v) is 4.02. The van der Waals surface area contributed by atoms with Crippen molar-refractivity contribution in [2.75, 3.05) is 13.1 Å². The number of carbonyl (C=O) groups excluding carboxylic acids is 1. The van der Waals surface area contributed by atoms with Crippen molar-refractivity contribution < 1.29 is 17.6 Å². The third-order valence-electron chi connectivity index (χ3n) is 3.77. The van der Waals surface area contributed by atoms with Gasteiger partial charge in [0, 0.05) is 25.6 Å². The Bertz CT molecular complexity index is 608. The normalized spacial score (nSPS) is 16.7. The predicted octanol–water partition coefficient (Wildman–Crippen LogP) is 1.65. The van der Waals surface area contributed by atoms with Crippen LogP contribution in [0.25, 0.3) is 0 Å². The van der Waals surface area contributed by atoms with Gasteiger partial charge in [0.15, 0.2) is 0 Å². The van der Waals surface area contributed by atoms with Gasteiger partial charge in [0.2, 0.25) is 15.9 Å². The SMILES string of the molecule is CCC(=O)N1CCC(NS(=O)(=O)Cc2ccc(F)cc2)CC1. The molecule has 0 saturated carbocycles. The number of halogens is 1. The van der Waals surface area contributed by atoms with Crippen LogP contribution in [0, 0.1) is 5.82 Å². The molecule has 0 bridgehead atoms. The number of nitrogens with zero attached hydrogens (tertiary/aromatic N) is 1. The van der Waals surface area contributed by atoms with E-state index in [1.165, 1.54) is 24.3 Å². The van der Waals surface area contributed by atoms with Crippen molar-refractivity contribution in [3.63, 3.8) is 0 Å². The molecule has 0 unspecified atom stereocenters. The van der Waals surface area contributed by atoms with Gasteiger partial charge in [0.25, 0.3) is 0 Å². The molecular formula is C15H21FN2O3S. The topological polar surface area (TPSA) is 66.5 Å². The predicted molar refractivity (Wildman–Crippen MR) is 82.1 cm³/mol. The lowest BCUT2D eigenvalue weighted by molar-refractivity contribution is -0.131. The summed E-state index contributed by atoms with van der Waals surface area (Å²) in [7, 11) is -3.47. The Labute approximate surface area is 130 Å². The first-order valence-electron chi connectivity index (χ1n) is 7.42. The molecule has 1 fully saturated rings. The first-order chi connectivity index (χ1) is 10.4. The number of hydrogen-bond acceptors (Lipinski definition) is 3. The van der Waals surface area contributed by atoms with Gasteiger partial charge in [-0.15, -0.1) is 0 Å². The Morgan fingerprint density at radius 1 is 1.27 bits per heavy atom. The van der Waals surface area contributed by atoms with Crippen LogP contribution in [0.2, 0.25) is 0 Å². The zero-order chi connectivity index (χ0) is 16.2. The number of likely N-dealkylation sites (tertiary alicyclic amines) is 1. The molecule has 0 aromatic heterocycles. The highest BCUT2D eigenvalue weighted by molar-refractivity contribution is 7.88. The molecule has 1 aliphatic heterocycles. The second kappa shape index (κ2) is 7.19. The van der Waals surface area contributed by atoms with Gasteiger partial charge < -0.3 is 4.90 Å². The summed E-state index contributed by atoms with van der Waals surface area (Å²) in [4.78, 5) is 13.4. The van der Waals surface area contributed by atoms with Gasteiger partial charge in [-0.05, 0) is 30.5 Å². The number of carbonyl (C=O) groups is 1. The maximum absolute atomic E-state index is 12.8. The minimum Gasteiger partial charge on any atom is -0.343 e. The summed E-state index contributed by atoms with van der Waals surface area (Å²) in [6.45, 7) is 2.98. The average Bonchev–Trinajstić information content (AvgIpc) is 2.49. The number of nitrogens with one attached hydrogen (secondary N) is 1. The van der Waals surface area contributed by atoms with Crippen molar-refractivity contribution in [1.82, 2.24) is 9.62 Å². The zero-order valence-electron chi connectivity index (χ0n) is 12.6. The molecule has 1 aromatic rings. The Morgan fingerprint density at radius 3 is 2.41 bits per heavy atom. The zero-order valence-corrected chi connectivity index (χ0v) is 13.4. The molecule has 0 aliphatic carbocycles. The lowest BCUT2D eigenvalue weighted by atomic mass is 10.1. The fourth-order valence-electron chi connectivity index (χ4n) is 2.57. The van der Waals surface area contributed by atoms with Gasteiger partial charge >= 0.3 is 0 Å². The first kappa shape index (κ1) is 16.9. The number of rotatable bonds is 5. The van der Waals surface area contributed by atoms with Crippen LogP contribution < -0.4 is 4.72 Å². The highest BCUT2D eigenvalue weighted by atomic mass is 32.2. The molecule has 1 N–H and O–H groups in total. The van der Waals surface area contributed by atoms with E-state index >= 15 is 0 Å². The van der Waals surface area contributed by atoms with Crippen molar-refractivity contribution in [3.05, 3.63) is 35.6 Å². The summed E-state index contributed by atoms with van der Waals surface area (Å²) in [5.74, 6) is -0.448. The van der Waals surface area contributed by atoms with Crippen LogP contribution in [-0.4, -0.2) is 38.4 Å². The maximum atomic E-state index is 12.8. The van der Waals surface area contributed by atoms with E-state index in [1.807, 2.05) is 6.92 Å². The van der Waals surface area contributed by atoms with Gasteiger partial charge in [-0.1, -0.05) is 19.1 Å². The molecule has 1 aliphatic rings. The second-order valence-corrected chi connectivity index (χ2v) is 7.27. The Hall–Kier alpha value is -1.47. The molecule has 0 spiro atoms. The molecule has 22 heavy (non-hydrogen) atoms.